The summed E-state index contributed by atoms with van der Waals surface area (Å²) in [6.07, 6.45) is 84.7. The third-order valence-electron chi connectivity index (χ3n) is 11.7. The summed E-state index contributed by atoms with van der Waals surface area (Å²) in [6, 6.07) is 0. The maximum absolute atomic E-state index is 12.9. The Balaban J connectivity index is 4.43. The highest BCUT2D eigenvalue weighted by atomic mass is 16.6. The first kappa shape index (κ1) is 66.0. The van der Waals surface area contributed by atoms with E-state index in [1.807, 2.05) is 0 Å². The molecule has 1 unspecified atom stereocenters. The van der Waals surface area contributed by atoms with Crippen molar-refractivity contribution < 1.29 is 23.8 Å². The highest BCUT2D eigenvalue weighted by Gasteiger charge is 2.17. The normalized spacial score (nSPS) is 13.2. The van der Waals surface area contributed by atoms with Gasteiger partial charge in [-0.2, -0.15) is 0 Å². The Kier molecular flexibility index (Phi) is 56.0. The minimum absolute atomic E-state index is 0.0482. The van der Waals surface area contributed by atoms with Crippen LogP contribution in [0.3, 0.4) is 0 Å². The Morgan fingerprint density at radius 3 is 1.03 bits per heavy atom. The van der Waals surface area contributed by atoms with Crippen LogP contribution in [0.25, 0.3) is 0 Å². The molecule has 0 spiro atoms. The molecule has 0 saturated carbocycles. The van der Waals surface area contributed by atoms with Gasteiger partial charge < -0.3 is 14.2 Å². The van der Waals surface area contributed by atoms with Crippen molar-refractivity contribution in [1.82, 2.24) is 0 Å². The molecular formula is C65H106O5. The van der Waals surface area contributed by atoms with E-state index < -0.39 is 6.10 Å². The van der Waals surface area contributed by atoms with E-state index in [9.17, 15) is 9.59 Å². The van der Waals surface area contributed by atoms with Crippen molar-refractivity contribution >= 4 is 11.9 Å². The monoisotopic (exact) mass is 967 g/mol. The summed E-state index contributed by atoms with van der Waals surface area (Å²) in [7, 11) is 0. The van der Waals surface area contributed by atoms with Gasteiger partial charge in [0.2, 0.25) is 0 Å². The fourth-order valence-corrected chi connectivity index (χ4v) is 7.44. The standard InChI is InChI=1S/C65H106O5/c1-4-7-10-13-16-19-22-25-28-31-33-35-37-40-43-46-49-52-55-58-64(66)69-62-63(61-68-60-57-54-51-48-45-42-39-36-32-29-26-23-20-17-14-11-8-5-2)70-65(67)59-56-53-50-47-44-41-38-34-30-27-24-21-18-15-12-9-6-3/h8-9,11-12,16-21,25-30,33,35-36,39,45,48,63H,4-7,10,13-15,22-24,31-32,34,37-38,40-44,46-47,49-62H2,1-3H3/b11-8-,12-9-,19-16-,20-17-,21-18-,28-25-,29-26-,30-27-,35-33-,39-36-,48-45-. The minimum atomic E-state index is -0.581. The SMILES string of the molecule is CC/C=C\C/C=C\C/C=C\C/C=C\C/C=C\CCCCOCC(COC(=O)CCCCCCCC/C=C\C/C=C\C/C=C\CCCCC)OC(=O)CCCCCCCCC/C=C\C/C=C\C/C=C\CC. The molecular weight excluding hydrogens is 861 g/mol. The molecule has 0 aliphatic carbocycles. The van der Waals surface area contributed by atoms with Gasteiger partial charge in [0.1, 0.15) is 6.61 Å². The number of unbranched alkanes of at least 4 members (excludes halogenated alkanes) is 18. The number of ether oxygens (including phenoxy) is 3. The Morgan fingerprint density at radius 1 is 0.329 bits per heavy atom. The molecule has 5 heteroatoms. The van der Waals surface area contributed by atoms with Gasteiger partial charge in [0.15, 0.2) is 6.10 Å². The first-order valence-electron chi connectivity index (χ1n) is 28.7. The first-order chi connectivity index (χ1) is 34.6. The molecule has 0 rings (SSSR count). The van der Waals surface area contributed by atoms with E-state index in [4.69, 9.17) is 14.2 Å². The molecule has 0 radical (unpaired) electrons. The van der Waals surface area contributed by atoms with Crippen molar-refractivity contribution in [2.75, 3.05) is 19.8 Å². The molecule has 0 bridgehead atoms. The van der Waals surface area contributed by atoms with Crippen LogP contribution in [0.4, 0.5) is 0 Å². The van der Waals surface area contributed by atoms with E-state index in [0.29, 0.717) is 19.4 Å². The third-order valence-corrected chi connectivity index (χ3v) is 11.7. The summed E-state index contributed by atoms with van der Waals surface area (Å²) in [5, 5.41) is 0. The second kappa shape index (κ2) is 59.3. The number of hydrogen-bond acceptors (Lipinski definition) is 5. The fourth-order valence-electron chi connectivity index (χ4n) is 7.44. The summed E-state index contributed by atoms with van der Waals surface area (Å²) < 4.78 is 17.4. The zero-order valence-corrected chi connectivity index (χ0v) is 45.5. The summed E-state index contributed by atoms with van der Waals surface area (Å²) in [5.41, 5.74) is 0. The van der Waals surface area contributed by atoms with Crippen LogP contribution in [0.5, 0.6) is 0 Å². The van der Waals surface area contributed by atoms with Crippen LogP contribution in [0.1, 0.15) is 239 Å². The lowest BCUT2D eigenvalue weighted by molar-refractivity contribution is -0.163. The van der Waals surface area contributed by atoms with Crippen molar-refractivity contribution in [2.24, 2.45) is 0 Å². The molecule has 0 saturated heterocycles. The molecule has 0 aromatic rings. The fraction of sp³-hybridized carbons (Fsp3) is 0.631. The lowest BCUT2D eigenvalue weighted by Gasteiger charge is -2.18. The van der Waals surface area contributed by atoms with E-state index in [1.54, 1.807) is 0 Å². The van der Waals surface area contributed by atoms with E-state index in [2.05, 4.69) is 154 Å². The van der Waals surface area contributed by atoms with Crippen LogP contribution in [-0.2, 0) is 23.8 Å². The maximum atomic E-state index is 12.9. The molecule has 396 valence electrons. The third kappa shape index (κ3) is 56.6. The quantitative estimate of drug-likeness (QED) is 0.0345. The Morgan fingerprint density at radius 2 is 0.643 bits per heavy atom. The van der Waals surface area contributed by atoms with Crippen molar-refractivity contribution in [3.8, 4) is 0 Å². The molecule has 0 aromatic carbocycles. The predicted molar refractivity (Wildman–Crippen MR) is 306 cm³/mol. The van der Waals surface area contributed by atoms with Crippen LogP contribution in [0, 0.1) is 0 Å². The van der Waals surface area contributed by atoms with Crippen LogP contribution < -0.4 is 0 Å². The predicted octanol–water partition coefficient (Wildman–Crippen LogP) is 19.9. The Labute approximate surface area is 432 Å². The van der Waals surface area contributed by atoms with Crippen molar-refractivity contribution in [3.63, 3.8) is 0 Å². The van der Waals surface area contributed by atoms with Gasteiger partial charge in [-0.3, -0.25) is 9.59 Å². The molecule has 0 aliphatic heterocycles. The molecule has 5 nitrogen and oxygen atoms in total. The van der Waals surface area contributed by atoms with Crippen molar-refractivity contribution in [3.05, 3.63) is 134 Å². The topological polar surface area (TPSA) is 61.8 Å². The Hall–Kier alpha value is -3.96. The summed E-state index contributed by atoms with van der Waals surface area (Å²) in [4.78, 5) is 25.5. The number of carbonyl (C=O) groups excluding carboxylic acids is 2. The molecule has 70 heavy (non-hydrogen) atoms. The smallest absolute Gasteiger partial charge is 0.306 e. The highest BCUT2D eigenvalue weighted by molar-refractivity contribution is 5.70. The number of hydrogen-bond donors (Lipinski definition) is 0. The molecule has 0 aliphatic rings. The van der Waals surface area contributed by atoms with Crippen LogP contribution in [0.15, 0.2) is 134 Å². The van der Waals surface area contributed by atoms with E-state index >= 15 is 0 Å². The van der Waals surface area contributed by atoms with E-state index in [-0.39, 0.29) is 25.2 Å². The zero-order chi connectivity index (χ0) is 50.6. The highest BCUT2D eigenvalue weighted by Crippen LogP contribution is 2.13. The van der Waals surface area contributed by atoms with Gasteiger partial charge >= 0.3 is 11.9 Å². The summed E-state index contributed by atoms with van der Waals surface area (Å²) in [6.45, 7) is 7.45. The summed E-state index contributed by atoms with van der Waals surface area (Å²) >= 11 is 0. The molecule has 1 atom stereocenters. The second-order valence-corrected chi connectivity index (χ2v) is 18.4. The van der Waals surface area contributed by atoms with Crippen LogP contribution >= 0.6 is 0 Å². The van der Waals surface area contributed by atoms with Gasteiger partial charge in [-0.25, -0.2) is 0 Å². The summed E-state index contributed by atoms with van der Waals surface area (Å²) in [5.74, 6) is -0.453. The van der Waals surface area contributed by atoms with Crippen molar-refractivity contribution in [2.45, 2.75) is 245 Å². The molecule has 0 N–H and O–H groups in total. The van der Waals surface area contributed by atoms with Gasteiger partial charge in [-0.15, -0.1) is 0 Å². The Bertz CT molecular complexity index is 1470. The molecule has 0 heterocycles. The van der Waals surface area contributed by atoms with E-state index in [1.165, 1.54) is 70.6 Å². The number of allylic oxidation sites excluding steroid dienone is 22. The largest absolute Gasteiger partial charge is 0.462 e. The lowest BCUT2D eigenvalue weighted by atomic mass is 10.1. The number of rotatable bonds is 51. The minimum Gasteiger partial charge on any atom is -0.462 e. The van der Waals surface area contributed by atoms with Gasteiger partial charge in [-0.05, 0) is 135 Å². The zero-order valence-electron chi connectivity index (χ0n) is 45.5. The first-order valence-corrected chi connectivity index (χ1v) is 28.7. The van der Waals surface area contributed by atoms with Gasteiger partial charge in [0.25, 0.3) is 0 Å². The molecule has 0 amide bonds. The molecule has 0 aromatic heterocycles. The van der Waals surface area contributed by atoms with Crippen LogP contribution in [0.2, 0.25) is 0 Å². The van der Waals surface area contributed by atoms with Gasteiger partial charge in [0, 0.05) is 19.4 Å². The van der Waals surface area contributed by atoms with Gasteiger partial charge in [0.05, 0.1) is 6.61 Å². The average molecular weight is 968 g/mol. The molecule has 0 fully saturated rings. The average Bonchev–Trinajstić information content (AvgIpc) is 3.36. The van der Waals surface area contributed by atoms with Crippen molar-refractivity contribution in [1.29, 1.82) is 0 Å². The maximum Gasteiger partial charge on any atom is 0.306 e. The number of esters is 2. The van der Waals surface area contributed by atoms with E-state index in [0.717, 1.165) is 135 Å². The lowest BCUT2D eigenvalue weighted by Crippen LogP contribution is -2.30. The number of carbonyl (C=O) groups is 2. The van der Waals surface area contributed by atoms with Crippen LogP contribution in [-0.4, -0.2) is 37.9 Å². The second-order valence-electron chi connectivity index (χ2n) is 18.4. The van der Waals surface area contributed by atoms with Gasteiger partial charge in [-0.1, -0.05) is 225 Å².